The zero-order valence-electron chi connectivity index (χ0n) is 13.8. The monoisotopic (exact) mass is 335 g/mol. The third kappa shape index (κ3) is 3.34. The fourth-order valence-electron chi connectivity index (χ4n) is 3.07. The Morgan fingerprint density at radius 2 is 2.17 bits per heavy atom. The number of urea groups is 1. The quantitative estimate of drug-likeness (QED) is 0.747. The van der Waals surface area contributed by atoms with Crippen LogP contribution in [0.3, 0.4) is 0 Å². The highest BCUT2D eigenvalue weighted by atomic mass is 16.5. The summed E-state index contributed by atoms with van der Waals surface area (Å²) in [6.45, 7) is -0.173. The highest BCUT2D eigenvalue weighted by Crippen LogP contribution is 2.24. The number of aryl methyl sites for hydroxylation is 1. The van der Waals surface area contributed by atoms with Gasteiger partial charge in [-0.15, -0.1) is 0 Å². The summed E-state index contributed by atoms with van der Waals surface area (Å²) in [6.07, 6.45) is 5.94. The van der Waals surface area contributed by atoms with Crippen LogP contribution in [0.15, 0.2) is 12.4 Å². The van der Waals surface area contributed by atoms with Gasteiger partial charge in [-0.25, -0.2) is 4.79 Å². The van der Waals surface area contributed by atoms with Crippen LogP contribution in [0.4, 0.5) is 4.79 Å². The molecule has 2 atom stereocenters. The molecule has 3 rings (SSSR count). The number of imide groups is 1. The highest BCUT2D eigenvalue weighted by molar-refractivity contribution is 6.03. The van der Waals surface area contributed by atoms with Crippen LogP contribution in [-0.4, -0.2) is 69.7 Å². The predicted octanol–water partition coefficient (Wildman–Crippen LogP) is -0.270. The Balaban J connectivity index is 1.53. The van der Waals surface area contributed by atoms with E-state index in [1.807, 2.05) is 7.05 Å². The lowest BCUT2D eigenvalue weighted by Gasteiger charge is -2.23. The number of amides is 4. The number of rotatable bonds is 5. The van der Waals surface area contributed by atoms with E-state index in [1.54, 1.807) is 17.1 Å². The van der Waals surface area contributed by atoms with Gasteiger partial charge in [0.05, 0.1) is 18.4 Å². The number of nitrogens with one attached hydrogen (secondary N) is 1. The first-order valence-corrected chi connectivity index (χ1v) is 7.94. The minimum atomic E-state index is -0.440. The third-order valence-electron chi connectivity index (χ3n) is 4.36. The van der Waals surface area contributed by atoms with Gasteiger partial charge in [0.2, 0.25) is 11.8 Å². The van der Waals surface area contributed by atoms with Crippen molar-refractivity contribution in [3.8, 4) is 5.75 Å². The summed E-state index contributed by atoms with van der Waals surface area (Å²) in [6, 6.07) is -0.548. The second kappa shape index (κ2) is 6.50. The van der Waals surface area contributed by atoms with E-state index in [1.165, 1.54) is 11.9 Å². The van der Waals surface area contributed by atoms with Crippen LogP contribution in [0.2, 0.25) is 0 Å². The lowest BCUT2D eigenvalue weighted by atomic mass is 10.2. The first kappa shape index (κ1) is 16.3. The Labute approximate surface area is 139 Å². The van der Waals surface area contributed by atoms with Crippen molar-refractivity contribution in [1.82, 2.24) is 24.9 Å². The van der Waals surface area contributed by atoms with E-state index in [0.29, 0.717) is 5.75 Å². The molecular weight excluding hydrogens is 314 g/mol. The van der Waals surface area contributed by atoms with Gasteiger partial charge in [0.15, 0.2) is 5.75 Å². The molecule has 1 aromatic heterocycles. The van der Waals surface area contributed by atoms with Gasteiger partial charge in [-0.3, -0.25) is 19.2 Å². The maximum atomic E-state index is 12.2. The van der Waals surface area contributed by atoms with Crippen molar-refractivity contribution < 1.29 is 19.1 Å². The Morgan fingerprint density at radius 1 is 1.38 bits per heavy atom. The van der Waals surface area contributed by atoms with Crippen molar-refractivity contribution >= 4 is 17.8 Å². The van der Waals surface area contributed by atoms with Crippen molar-refractivity contribution in [2.45, 2.75) is 31.4 Å². The SMILES string of the molecule is CN1C(=O)CN(CC(=O)N[C@H]2CCC[C@H]2Oc2cnn(C)c2)C1=O. The molecule has 0 bridgehead atoms. The largest absolute Gasteiger partial charge is 0.485 e. The van der Waals surface area contributed by atoms with Gasteiger partial charge < -0.3 is 15.0 Å². The average molecular weight is 335 g/mol. The van der Waals surface area contributed by atoms with Crippen molar-refractivity contribution in [3.63, 3.8) is 0 Å². The summed E-state index contributed by atoms with van der Waals surface area (Å²) in [5.74, 6) is 0.0928. The molecule has 24 heavy (non-hydrogen) atoms. The number of carbonyl (C=O) groups excluding carboxylic acids is 3. The normalized spacial score (nSPS) is 23.9. The molecule has 0 unspecified atom stereocenters. The Hall–Kier alpha value is -2.58. The van der Waals surface area contributed by atoms with Crippen LogP contribution in [0.1, 0.15) is 19.3 Å². The standard InChI is InChI=1S/C15H21N5O4/c1-18-7-10(6-16-18)24-12-5-3-4-11(12)17-13(21)8-20-9-14(22)19(2)15(20)23/h6-7,11-12H,3-5,8-9H2,1-2H3,(H,17,21)/t11-,12+/m0/s1. The second-order valence-electron chi connectivity index (χ2n) is 6.20. The van der Waals surface area contributed by atoms with E-state index in [9.17, 15) is 14.4 Å². The maximum absolute atomic E-state index is 12.2. The number of likely N-dealkylation sites (N-methyl/N-ethyl adjacent to an activating group) is 1. The van der Waals surface area contributed by atoms with E-state index >= 15 is 0 Å². The maximum Gasteiger partial charge on any atom is 0.327 e. The van der Waals surface area contributed by atoms with E-state index in [4.69, 9.17) is 4.74 Å². The lowest BCUT2D eigenvalue weighted by molar-refractivity contribution is -0.124. The third-order valence-corrected chi connectivity index (χ3v) is 4.36. The van der Waals surface area contributed by atoms with Gasteiger partial charge >= 0.3 is 6.03 Å². The van der Waals surface area contributed by atoms with Crippen molar-refractivity contribution in [1.29, 1.82) is 0 Å². The smallest absolute Gasteiger partial charge is 0.327 e. The molecule has 1 saturated carbocycles. The average Bonchev–Trinajstić information content (AvgIpc) is 3.19. The van der Waals surface area contributed by atoms with Gasteiger partial charge in [-0.1, -0.05) is 0 Å². The summed E-state index contributed by atoms with van der Waals surface area (Å²) in [5, 5.41) is 6.98. The summed E-state index contributed by atoms with van der Waals surface area (Å²) >= 11 is 0. The molecule has 1 saturated heterocycles. The zero-order valence-corrected chi connectivity index (χ0v) is 13.8. The molecule has 1 aromatic rings. The zero-order chi connectivity index (χ0) is 17.3. The first-order chi connectivity index (χ1) is 11.4. The number of carbonyl (C=O) groups is 3. The number of ether oxygens (including phenoxy) is 1. The van der Waals surface area contributed by atoms with Gasteiger partial charge in [0.1, 0.15) is 19.2 Å². The number of hydrogen-bond donors (Lipinski definition) is 1. The Kier molecular flexibility index (Phi) is 4.41. The molecule has 9 nitrogen and oxygen atoms in total. The van der Waals surface area contributed by atoms with Gasteiger partial charge in [-0.05, 0) is 19.3 Å². The first-order valence-electron chi connectivity index (χ1n) is 7.94. The van der Waals surface area contributed by atoms with E-state index in [-0.39, 0.29) is 37.0 Å². The van der Waals surface area contributed by atoms with E-state index < -0.39 is 6.03 Å². The molecule has 130 valence electrons. The molecule has 1 aliphatic heterocycles. The molecule has 1 aliphatic carbocycles. The molecule has 9 heteroatoms. The topological polar surface area (TPSA) is 96.8 Å². The highest BCUT2D eigenvalue weighted by Gasteiger charge is 2.36. The van der Waals surface area contributed by atoms with Crippen LogP contribution in [0, 0.1) is 0 Å². The second-order valence-corrected chi connectivity index (χ2v) is 6.20. The van der Waals surface area contributed by atoms with Gasteiger partial charge in [0, 0.05) is 14.1 Å². The fourth-order valence-corrected chi connectivity index (χ4v) is 3.07. The van der Waals surface area contributed by atoms with E-state index in [2.05, 4.69) is 10.4 Å². The van der Waals surface area contributed by atoms with Crippen molar-refractivity contribution in [2.75, 3.05) is 20.1 Å². The molecule has 0 radical (unpaired) electrons. The Morgan fingerprint density at radius 3 is 2.79 bits per heavy atom. The molecule has 2 heterocycles. The van der Waals surface area contributed by atoms with Crippen LogP contribution in [0.25, 0.3) is 0 Å². The number of hydrogen-bond acceptors (Lipinski definition) is 5. The summed E-state index contributed by atoms with van der Waals surface area (Å²) in [4.78, 5) is 37.8. The Bertz CT molecular complexity index is 658. The van der Waals surface area contributed by atoms with Crippen molar-refractivity contribution in [2.24, 2.45) is 7.05 Å². The van der Waals surface area contributed by atoms with Gasteiger partial charge in [0.25, 0.3) is 0 Å². The summed E-state index contributed by atoms with van der Waals surface area (Å²) in [5.41, 5.74) is 0. The predicted molar refractivity (Wildman–Crippen MR) is 83.1 cm³/mol. The molecule has 0 aromatic carbocycles. The fraction of sp³-hybridized carbons (Fsp3) is 0.600. The van der Waals surface area contributed by atoms with Crippen molar-refractivity contribution in [3.05, 3.63) is 12.4 Å². The molecular formula is C15H21N5O4. The summed E-state index contributed by atoms with van der Waals surface area (Å²) < 4.78 is 7.55. The van der Waals surface area contributed by atoms with Crippen LogP contribution in [-0.2, 0) is 16.6 Å². The van der Waals surface area contributed by atoms with Crippen LogP contribution in [0.5, 0.6) is 5.75 Å². The lowest BCUT2D eigenvalue weighted by Crippen LogP contribution is -2.47. The van der Waals surface area contributed by atoms with E-state index in [0.717, 1.165) is 24.2 Å². The molecule has 2 aliphatic rings. The minimum absolute atomic E-state index is 0.0525. The molecule has 0 spiro atoms. The molecule has 4 amide bonds. The minimum Gasteiger partial charge on any atom is -0.485 e. The summed E-state index contributed by atoms with van der Waals surface area (Å²) in [7, 11) is 3.23. The van der Waals surface area contributed by atoms with Crippen LogP contribution < -0.4 is 10.1 Å². The molecule has 1 N–H and O–H groups in total. The van der Waals surface area contributed by atoms with Crippen LogP contribution >= 0.6 is 0 Å². The molecule has 2 fully saturated rings. The van der Waals surface area contributed by atoms with Gasteiger partial charge in [-0.2, -0.15) is 5.10 Å². The number of aromatic nitrogens is 2. The number of nitrogens with zero attached hydrogens (tertiary/aromatic N) is 4.